The van der Waals surface area contributed by atoms with Crippen molar-refractivity contribution in [1.29, 1.82) is 0 Å². The minimum Gasteiger partial charge on any atom is -0.264 e. The summed E-state index contributed by atoms with van der Waals surface area (Å²) in [4.78, 5) is 10.1. The lowest BCUT2D eigenvalue weighted by molar-refractivity contribution is -0.517. The molecular formula is C8H8NO2S. The first-order valence-electron chi connectivity index (χ1n) is 3.41. The van der Waals surface area contributed by atoms with Gasteiger partial charge >= 0.3 is 0 Å². The summed E-state index contributed by atoms with van der Waals surface area (Å²) < 4.78 is 0. The summed E-state index contributed by atoms with van der Waals surface area (Å²) in [6.45, 7) is 0. The molecule has 0 aromatic heterocycles. The maximum Gasteiger partial charge on any atom is 0.250 e. The van der Waals surface area contributed by atoms with Crippen LogP contribution in [0.5, 0.6) is 0 Å². The van der Waals surface area contributed by atoms with Crippen LogP contribution in [0.2, 0.25) is 0 Å². The molecule has 0 amide bonds. The number of rotatable bonds is 3. The lowest BCUT2D eigenvalue weighted by atomic mass is 10.1. The Balaban J connectivity index is 2.88. The summed E-state index contributed by atoms with van der Waals surface area (Å²) in [5.41, 5.74) is 0.650. The first-order chi connectivity index (χ1) is 5.75. The normalized spacial score (nSPS) is 12.4. The van der Waals surface area contributed by atoms with E-state index in [0.29, 0.717) is 5.56 Å². The van der Waals surface area contributed by atoms with E-state index in [1.54, 1.807) is 24.3 Å². The van der Waals surface area contributed by atoms with E-state index in [-0.39, 0.29) is 4.92 Å². The molecule has 0 fully saturated rings. The quantitative estimate of drug-likeness (QED) is 0.442. The Labute approximate surface area is 76.0 Å². The van der Waals surface area contributed by atoms with E-state index in [1.165, 1.54) is 5.75 Å². The molecule has 0 aliphatic heterocycles. The molecule has 0 aliphatic carbocycles. The molecule has 0 N–H and O–H groups in total. The van der Waals surface area contributed by atoms with Crippen LogP contribution < -0.4 is 0 Å². The molecule has 1 atom stereocenters. The molecule has 1 unspecified atom stereocenters. The van der Waals surface area contributed by atoms with E-state index in [4.69, 9.17) is 0 Å². The van der Waals surface area contributed by atoms with Gasteiger partial charge in [0.15, 0.2) is 0 Å². The van der Waals surface area contributed by atoms with Gasteiger partial charge in [-0.25, -0.2) is 0 Å². The van der Waals surface area contributed by atoms with Gasteiger partial charge in [-0.3, -0.25) is 10.1 Å². The first-order valence-corrected chi connectivity index (χ1v) is 3.93. The van der Waals surface area contributed by atoms with Crippen molar-refractivity contribution in [3.63, 3.8) is 0 Å². The van der Waals surface area contributed by atoms with Gasteiger partial charge in [-0.15, -0.1) is 0 Å². The van der Waals surface area contributed by atoms with Gasteiger partial charge in [0.2, 0.25) is 0 Å². The zero-order valence-electron chi connectivity index (χ0n) is 6.25. The van der Waals surface area contributed by atoms with Crippen molar-refractivity contribution >= 4 is 12.6 Å². The predicted molar refractivity (Wildman–Crippen MR) is 49.5 cm³/mol. The summed E-state index contributed by atoms with van der Waals surface area (Å²) in [5.74, 6) is 1.27. The fourth-order valence-electron chi connectivity index (χ4n) is 0.912. The Morgan fingerprint density at radius 1 is 1.42 bits per heavy atom. The SMILES string of the molecule is O=[N+]([O-])C([CH]S)c1ccccc1. The maximum atomic E-state index is 10.5. The zero-order valence-corrected chi connectivity index (χ0v) is 7.15. The number of hydrogen-bond acceptors (Lipinski definition) is 3. The van der Waals surface area contributed by atoms with Gasteiger partial charge in [-0.1, -0.05) is 30.3 Å². The van der Waals surface area contributed by atoms with Crippen LogP contribution in [0.25, 0.3) is 0 Å². The average Bonchev–Trinajstić information content (AvgIpc) is 2.07. The van der Waals surface area contributed by atoms with Crippen LogP contribution in [0.3, 0.4) is 0 Å². The van der Waals surface area contributed by atoms with Gasteiger partial charge in [0.25, 0.3) is 6.04 Å². The summed E-state index contributed by atoms with van der Waals surface area (Å²) in [7, 11) is 0. The standard InChI is InChI=1S/C8H8NO2S/c10-9(11)8(6-12)7-4-2-1-3-5-7/h1-6,8,12H. The van der Waals surface area contributed by atoms with Crippen LogP contribution in [-0.2, 0) is 0 Å². The van der Waals surface area contributed by atoms with E-state index < -0.39 is 6.04 Å². The van der Waals surface area contributed by atoms with Crippen molar-refractivity contribution in [3.05, 3.63) is 51.8 Å². The van der Waals surface area contributed by atoms with Crippen LogP contribution in [0, 0.1) is 15.9 Å². The number of benzene rings is 1. The molecule has 0 spiro atoms. The molecule has 0 saturated carbocycles. The van der Waals surface area contributed by atoms with E-state index >= 15 is 0 Å². The fourth-order valence-corrected chi connectivity index (χ4v) is 1.19. The third-order valence-electron chi connectivity index (χ3n) is 1.51. The largest absolute Gasteiger partial charge is 0.264 e. The molecule has 12 heavy (non-hydrogen) atoms. The molecule has 1 radical (unpaired) electrons. The first kappa shape index (κ1) is 9.06. The van der Waals surface area contributed by atoms with Crippen molar-refractivity contribution in [1.82, 2.24) is 0 Å². The predicted octanol–water partition coefficient (Wildman–Crippen LogP) is 2.10. The van der Waals surface area contributed by atoms with E-state index in [1.807, 2.05) is 6.07 Å². The number of nitro groups is 1. The maximum absolute atomic E-state index is 10.5. The smallest absolute Gasteiger partial charge is 0.250 e. The van der Waals surface area contributed by atoms with Crippen molar-refractivity contribution in [3.8, 4) is 0 Å². The zero-order chi connectivity index (χ0) is 8.97. The number of nitrogens with zero attached hydrogens (tertiary/aromatic N) is 1. The Morgan fingerprint density at radius 3 is 2.42 bits per heavy atom. The van der Waals surface area contributed by atoms with Crippen molar-refractivity contribution < 1.29 is 4.92 Å². The lowest BCUT2D eigenvalue weighted by Gasteiger charge is -2.04. The Bertz CT molecular complexity index is 263. The Morgan fingerprint density at radius 2 is 2.00 bits per heavy atom. The van der Waals surface area contributed by atoms with Crippen LogP contribution in [0.15, 0.2) is 30.3 Å². The van der Waals surface area contributed by atoms with E-state index in [9.17, 15) is 10.1 Å². The molecule has 0 heterocycles. The van der Waals surface area contributed by atoms with Crippen molar-refractivity contribution in [2.45, 2.75) is 6.04 Å². The second-order valence-electron chi connectivity index (χ2n) is 2.29. The van der Waals surface area contributed by atoms with Crippen molar-refractivity contribution in [2.75, 3.05) is 0 Å². The van der Waals surface area contributed by atoms with Crippen molar-refractivity contribution in [2.24, 2.45) is 0 Å². The molecule has 0 aliphatic rings. The molecule has 1 aromatic rings. The topological polar surface area (TPSA) is 43.1 Å². The molecule has 4 heteroatoms. The van der Waals surface area contributed by atoms with Crippen LogP contribution in [0.1, 0.15) is 11.6 Å². The lowest BCUT2D eigenvalue weighted by Crippen LogP contribution is -2.08. The van der Waals surface area contributed by atoms with E-state index in [2.05, 4.69) is 12.6 Å². The van der Waals surface area contributed by atoms with Gasteiger partial charge in [-0.05, 0) is 0 Å². The summed E-state index contributed by atoms with van der Waals surface area (Å²) in [6.07, 6.45) is 0. The average molecular weight is 182 g/mol. The third kappa shape index (κ3) is 1.98. The van der Waals surface area contributed by atoms with Gasteiger partial charge in [0, 0.05) is 10.5 Å². The number of hydrogen-bond donors (Lipinski definition) is 1. The highest BCUT2D eigenvalue weighted by Gasteiger charge is 2.19. The van der Waals surface area contributed by atoms with Gasteiger partial charge in [0.05, 0.1) is 5.75 Å². The van der Waals surface area contributed by atoms with Crippen LogP contribution in [0.4, 0.5) is 0 Å². The third-order valence-corrected chi connectivity index (χ3v) is 1.79. The minimum atomic E-state index is -0.811. The van der Waals surface area contributed by atoms with Crippen LogP contribution in [-0.4, -0.2) is 4.92 Å². The fraction of sp³-hybridized carbons (Fsp3) is 0.125. The summed E-state index contributed by atoms with van der Waals surface area (Å²) in [6, 6.07) is 7.96. The highest BCUT2D eigenvalue weighted by Crippen LogP contribution is 2.20. The molecule has 0 saturated heterocycles. The van der Waals surface area contributed by atoms with Gasteiger partial charge < -0.3 is 0 Å². The summed E-state index contributed by atoms with van der Waals surface area (Å²) >= 11 is 3.80. The highest BCUT2D eigenvalue weighted by atomic mass is 32.1. The molecule has 0 bridgehead atoms. The monoisotopic (exact) mass is 182 g/mol. The van der Waals surface area contributed by atoms with Crippen LogP contribution >= 0.6 is 12.6 Å². The van der Waals surface area contributed by atoms with E-state index in [0.717, 1.165) is 0 Å². The second kappa shape index (κ2) is 4.11. The second-order valence-corrected chi connectivity index (χ2v) is 2.59. The molecular weight excluding hydrogens is 174 g/mol. The Hall–Kier alpha value is -1.03. The molecule has 63 valence electrons. The Kier molecular flexibility index (Phi) is 3.10. The minimum absolute atomic E-state index is 0.373. The molecule has 3 nitrogen and oxygen atoms in total. The van der Waals surface area contributed by atoms with Gasteiger partial charge in [0.1, 0.15) is 0 Å². The molecule has 1 rings (SSSR count). The number of thiol groups is 1. The van der Waals surface area contributed by atoms with Gasteiger partial charge in [-0.2, -0.15) is 12.6 Å². The highest BCUT2D eigenvalue weighted by molar-refractivity contribution is 7.82. The molecule has 1 aromatic carbocycles. The summed E-state index contributed by atoms with van der Waals surface area (Å²) in [5, 5.41) is 10.5.